The fraction of sp³-hybridized carbons (Fsp3) is 0.533. The molecule has 1 amide bonds. The van der Waals surface area contributed by atoms with Gasteiger partial charge in [0, 0.05) is 0 Å². The summed E-state index contributed by atoms with van der Waals surface area (Å²) in [5.74, 6) is 0.689. The van der Waals surface area contributed by atoms with Crippen molar-refractivity contribution in [1.29, 1.82) is 0 Å². The van der Waals surface area contributed by atoms with Crippen molar-refractivity contribution in [3.05, 3.63) is 28.2 Å². The van der Waals surface area contributed by atoms with Gasteiger partial charge < -0.3 is 5.32 Å². The van der Waals surface area contributed by atoms with Crippen LogP contribution in [0.3, 0.4) is 0 Å². The third-order valence-electron chi connectivity index (χ3n) is 3.96. The third kappa shape index (κ3) is 3.66. The van der Waals surface area contributed by atoms with Crippen LogP contribution in [0.1, 0.15) is 26.7 Å². The van der Waals surface area contributed by atoms with Gasteiger partial charge in [-0.25, -0.2) is 0 Å². The molecule has 1 aromatic rings. The lowest BCUT2D eigenvalue weighted by Crippen LogP contribution is -2.45. The Hall–Kier alpha value is -0.770. The van der Waals surface area contributed by atoms with E-state index in [1.807, 2.05) is 6.92 Å². The number of piperidine rings is 1. The number of likely N-dealkylation sites (tertiary alicyclic amines) is 1. The van der Waals surface area contributed by atoms with Gasteiger partial charge in [0.15, 0.2) is 0 Å². The largest absolute Gasteiger partial charge is 0.322 e. The van der Waals surface area contributed by atoms with Crippen molar-refractivity contribution in [3.63, 3.8) is 0 Å². The summed E-state index contributed by atoms with van der Waals surface area (Å²) < 4.78 is 0. The van der Waals surface area contributed by atoms with Crippen LogP contribution in [0, 0.1) is 5.92 Å². The van der Waals surface area contributed by atoms with Gasteiger partial charge in [-0.15, -0.1) is 0 Å². The van der Waals surface area contributed by atoms with Gasteiger partial charge in [-0.1, -0.05) is 36.2 Å². The Balaban J connectivity index is 2.01. The predicted molar refractivity (Wildman–Crippen MR) is 84.5 cm³/mol. The molecule has 1 atom stereocenters. The van der Waals surface area contributed by atoms with Crippen molar-refractivity contribution in [2.75, 3.05) is 18.4 Å². The van der Waals surface area contributed by atoms with Crippen LogP contribution < -0.4 is 5.32 Å². The molecule has 0 radical (unpaired) electrons. The van der Waals surface area contributed by atoms with E-state index in [0.29, 0.717) is 15.7 Å². The molecular formula is C15H20Cl2N2O. The molecule has 1 heterocycles. The van der Waals surface area contributed by atoms with Crippen molar-refractivity contribution in [2.45, 2.75) is 32.7 Å². The summed E-state index contributed by atoms with van der Waals surface area (Å²) in [5.41, 5.74) is 0.498. The van der Waals surface area contributed by atoms with Gasteiger partial charge in [0.25, 0.3) is 0 Å². The maximum absolute atomic E-state index is 12.3. The number of para-hydroxylation sites is 1. The summed E-state index contributed by atoms with van der Waals surface area (Å²) in [6.07, 6.45) is 2.29. The van der Waals surface area contributed by atoms with Crippen LogP contribution in [0.2, 0.25) is 10.0 Å². The fourth-order valence-corrected chi connectivity index (χ4v) is 2.92. The molecule has 110 valence electrons. The molecule has 0 bridgehead atoms. The molecule has 2 rings (SSSR count). The summed E-state index contributed by atoms with van der Waals surface area (Å²) in [6.45, 7) is 6.11. The zero-order chi connectivity index (χ0) is 14.7. The number of anilines is 1. The van der Waals surface area contributed by atoms with E-state index in [0.717, 1.165) is 31.8 Å². The Morgan fingerprint density at radius 1 is 1.30 bits per heavy atom. The zero-order valence-electron chi connectivity index (χ0n) is 11.8. The number of hydrogen-bond donors (Lipinski definition) is 1. The molecule has 1 fully saturated rings. The molecule has 0 unspecified atom stereocenters. The van der Waals surface area contributed by atoms with Crippen LogP contribution in [-0.2, 0) is 4.79 Å². The van der Waals surface area contributed by atoms with Crippen LogP contribution in [-0.4, -0.2) is 29.9 Å². The van der Waals surface area contributed by atoms with E-state index in [9.17, 15) is 4.79 Å². The minimum Gasteiger partial charge on any atom is -0.322 e. The van der Waals surface area contributed by atoms with E-state index in [1.165, 1.54) is 0 Å². The van der Waals surface area contributed by atoms with Gasteiger partial charge in [-0.3, -0.25) is 9.69 Å². The van der Waals surface area contributed by atoms with E-state index in [1.54, 1.807) is 18.2 Å². The molecule has 3 nitrogen and oxygen atoms in total. The minimum absolute atomic E-state index is 0.0606. The van der Waals surface area contributed by atoms with Crippen LogP contribution in [0.5, 0.6) is 0 Å². The second-order valence-corrected chi connectivity index (χ2v) is 6.29. The number of hydrogen-bond acceptors (Lipinski definition) is 2. The maximum atomic E-state index is 12.3. The van der Waals surface area contributed by atoms with Gasteiger partial charge in [0.2, 0.25) is 5.91 Å². The molecule has 20 heavy (non-hydrogen) atoms. The van der Waals surface area contributed by atoms with Gasteiger partial charge in [-0.2, -0.15) is 0 Å². The number of nitrogens with one attached hydrogen (secondary N) is 1. The monoisotopic (exact) mass is 314 g/mol. The van der Waals surface area contributed by atoms with E-state index in [2.05, 4.69) is 17.1 Å². The summed E-state index contributed by atoms with van der Waals surface area (Å²) in [4.78, 5) is 14.5. The lowest BCUT2D eigenvalue weighted by Gasteiger charge is -2.34. The highest BCUT2D eigenvalue weighted by Gasteiger charge is 2.25. The lowest BCUT2D eigenvalue weighted by atomic mass is 9.98. The summed E-state index contributed by atoms with van der Waals surface area (Å²) in [6, 6.07) is 5.03. The Bertz CT molecular complexity index is 465. The average molecular weight is 315 g/mol. The molecule has 1 aliphatic rings. The van der Waals surface area contributed by atoms with Crippen molar-refractivity contribution in [3.8, 4) is 0 Å². The van der Waals surface area contributed by atoms with Crippen molar-refractivity contribution in [1.82, 2.24) is 4.90 Å². The molecule has 1 aromatic carbocycles. The van der Waals surface area contributed by atoms with Crippen LogP contribution >= 0.6 is 23.2 Å². The normalized spacial score (nSPS) is 18.8. The smallest absolute Gasteiger partial charge is 0.241 e. The molecule has 1 aliphatic heterocycles. The van der Waals surface area contributed by atoms with Gasteiger partial charge in [0.1, 0.15) is 0 Å². The SMILES string of the molecule is CC1CCN([C@@H](C)C(=O)Nc2c(Cl)cccc2Cl)CC1. The maximum Gasteiger partial charge on any atom is 0.241 e. The molecule has 5 heteroatoms. The minimum atomic E-state index is -0.171. The highest BCUT2D eigenvalue weighted by atomic mass is 35.5. The number of carbonyl (C=O) groups is 1. The molecule has 0 spiro atoms. The van der Waals surface area contributed by atoms with E-state index >= 15 is 0 Å². The Morgan fingerprint density at radius 3 is 2.40 bits per heavy atom. The molecular weight excluding hydrogens is 295 g/mol. The Morgan fingerprint density at radius 2 is 1.85 bits per heavy atom. The van der Waals surface area contributed by atoms with Crippen LogP contribution in [0.15, 0.2) is 18.2 Å². The number of amides is 1. The van der Waals surface area contributed by atoms with Crippen molar-refractivity contribution >= 4 is 34.8 Å². The number of benzene rings is 1. The van der Waals surface area contributed by atoms with Crippen molar-refractivity contribution < 1.29 is 4.79 Å². The molecule has 1 N–H and O–H groups in total. The Labute approximate surface area is 130 Å². The first-order chi connectivity index (χ1) is 9.49. The van der Waals surface area contributed by atoms with Gasteiger partial charge >= 0.3 is 0 Å². The topological polar surface area (TPSA) is 32.3 Å². The first kappa shape index (κ1) is 15.6. The second kappa shape index (κ2) is 6.79. The number of nitrogens with zero attached hydrogens (tertiary/aromatic N) is 1. The second-order valence-electron chi connectivity index (χ2n) is 5.48. The number of halogens is 2. The van der Waals surface area contributed by atoms with E-state index in [-0.39, 0.29) is 11.9 Å². The highest BCUT2D eigenvalue weighted by Crippen LogP contribution is 2.30. The summed E-state index contributed by atoms with van der Waals surface area (Å²) in [7, 11) is 0. The summed E-state index contributed by atoms with van der Waals surface area (Å²) in [5, 5.41) is 3.77. The molecule has 0 saturated carbocycles. The van der Waals surface area contributed by atoms with Crippen molar-refractivity contribution in [2.24, 2.45) is 5.92 Å². The number of carbonyl (C=O) groups excluding carboxylic acids is 1. The van der Waals surface area contributed by atoms with Gasteiger partial charge in [0.05, 0.1) is 21.8 Å². The van der Waals surface area contributed by atoms with Gasteiger partial charge in [-0.05, 0) is 50.9 Å². The molecule has 1 saturated heterocycles. The fourth-order valence-electron chi connectivity index (χ4n) is 2.43. The summed E-state index contributed by atoms with van der Waals surface area (Å²) >= 11 is 12.1. The van der Waals surface area contributed by atoms with E-state index in [4.69, 9.17) is 23.2 Å². The average Bonchev–Trinajstić information content (AvgIpc) is 2.43. The standard InChI is InChI=1S/C15H20Cl2N2O/c1-10-6-8-19(9-7-10)11(2)15(20)18-14-12(16)4-3-5-13(14)17/h3-5,10-11H,6-9H2,1-2H3,(H,18,20)/t11-/m0/s1. The zero-order valence-corrected chi connectivity index (χ0v) is 13.3. The quantitative estimate of drug-likeness (QED) is 0.912. The first-order valence-corrected chi connectivity index (χ1v) is 7.73. The molecule has 0 aromatic heterocycles. The lowest BCUT2D eigenvalue weighted by molar-refractivity contribution is -0.121. The predicted octanol–water partition coefficient (Wildman–Crippen LogP) is 4.05. The van der Waals surface area contributed by atoms with Crippen LogP contribution in [0.25, 0.3) is 0 Å². The third-order valence-corrected chi connectivity index (χ3v) is 4.59. The first-order valence-electron chi connectivity index (χ1n) is 6.98. The Kier molecular flexibility index (Phi) is 5.30. The highest BCUT2D eigenvalue weighted by molar-refractivity contribution is 6.39. The van der Waals surface area contributed by atoms with Crippen LogP contribution in [0.4, 0.5) is 5.69 Å². The number of rotatable bonds is 3. The van der Waals surface area contributed by atoms with E-state index < -0.39 is 0 Å². The molecule has 0 aliphatic carbocycles.